The van der Waals surface area contributed by atoms with Crippen LogP contribution in [0.4, 0.5) is 10.1 Å². The normalized spacial score (nSPS) is 17.0. The topological polar surface area (TPSA) is 80.1 Å². The van der Waals surface area contributed by atoms with Crippen LogP contribution in [0.1, 0.15) is 15.9 Å². The highest BCUT2D eigenvalue weighted by Crippen LogP contribution is 2.33. The summed E-state index contributed by atoms with van der Waals surface area (Å²) < 4.78 is 47.3. The monoisotopic (exact) mass is 434 g/mol. The van der Waals surface area contributed by atoms with Gasteiger partial charge in [-0.2, -0.15) is 0 Å². The number of rotatable bonds is 6. The van der Waals surface area contributed by atoms with Crippen LogP contribution in [0.15, 0.2) is 47.4 Å². The lowest BCUT2D eigenvalue weighted by Gasteiger charge is -2.23. The minimum absolute atomic E-state index is 0.0930. The summed E-state index contributed by atoms with van der Waals surface area (Å²) in [5, 5.41) is 2.70. The Hall–Kier alpha value is -2.49. The first kappa shape index (κ1) is 20.8. The number of halogens is 1. The van der Waals surface area contributed by atoms with Gasteiger partial charge in [-0.3, -0.25) is 9.10 Å². The van der Waals surface area contributed by atoms with E-state index in [1.165, 1.54) is 15.3 Å². The highest BCUT2D eigenvalue weighted by molar-refractivity contribution is 7.92. The van der Waals surface area contributed by atoms with E-state index in [-0.39, 0.29) is 10.5 Å². The van der Waals surface area contributed by atoms with Crippen molar-refractivity contribution in [2.24, 2.45) is 0 Å². The number of carbonyl (C=O) groups excluding carboxylic acids is 1. The fourth-order valence-electron chi connectivity index (χ4n) is 3.88. The fourth-order valence-corrected chi connectivity index (χ4v) is 5.41. The molecule has 9 heteroatoms. The van der Waals surface area contributed by atoms with Gasteiger partial charge >= 0.3 is 0 Å². The number of ether oxygens (including phenoxy) is 1. The average Bonchev–Trinajstić information content (AvgIpc) is 3.19. The van der Waals surface area contributed by atoms with Crippen molar-refractivity contribution in [3.05, 3.63) is 59.4 Å². The van der Waals surface area contributed by atoms with Gasteiger partial charge in [-0.1, -0.05) is 18.2 Å². The van der Waals surface area contributed by atoms with Gasteiger partial charge in [0.05, 0.1) is 42.4 Å². The number of benzene rings is 2. The zero-order chi connectivity index (χ0) is 21.1. The van der Waals surface area contributed by atoms with E-state index < -0.39 is 21.7 Å². The smallest absolute Gasteiger partial charge is 0.264 e. The maximum atomic E-state index is 14.3. The molecular weight excluding hydrogens is 409 g/mol. The second-order valence-corrected chi connectivity index (χ2v) is 9.33. The molecule has 2 aromatic carbocycles. The van der Waals surface area contributed by atoms with Gasteiger partial charge in [0, 0.05) is 6.54 Å². The van der Waals surface area contributed by atoms with Crippen LogP contribution in [0.25, 0.3) is 0 Å². The van der Waals surface area contributed by atoms with E-state index in [0.717, 1.165) is 30.8 Å². The molecule has 1 amide bonds. The number of nitrogens with one attached hydrogen (secondary N) is 2. The molecule has 4 rings (SSSR count). The third-order valence-corrected chi connectivity index (χ3v) is 7.39. The lowest BCUT2D eigenvalue weighted by atomic mass is 10.2. The molecule has 2 aromatic rings. The van der Waals surface area contributed by atoms with Crippen molar-refractivity contribution < 1.29 is 27.2 Å². The highest BCUT2D eigenvalue weighted by atomic mass is 32.2. The number of hydrogen-bond donors (Lipinski definition) is 2. The second-order valence-electron chi connectivity index (χ2n) is 7.47. The van der Waals surface area contributed by atoms with E-state index >= 15 is 0 Å². The van der Waals surface area contributed by atoms with Gasteiger partial charge in [-0.15, -0.1) is 0 Å². The Kier molecular flexibility index (Phi) is 6.03. The number of morpholine rings is 1. The van der Waals surface area contributed by atoms with Crippen LogP contribution in [-0.4, -0.2) is 60.3 Å². The van der Waals surface area contributed by atoms with Crippen LogP contribution < -0.4 is 14.5 Å². The van der Waals surface area contributed by atoms with Crippen LogP contribution in [-0.2, 0) is 21.2 Å². The van der Waals surface area contributed by atoms with Crippen LogP contribution in [0, 0.1) is 5.82 Å². The van der Waals surface area contributed by atoms with Gasteiger partial charge in [-0.05, 0) is 36.2 Å². The summed E-state index contributed by atoms with van der Waals surface area (Å²) in [6.45, 7) is 4.53. The molecule has 0 spiro atoms. The number of fused-ring (bicyclic) bond motifs is 1. The Bertz CT molecular complexity index is 1040. The average molecular weight is 435 g/mol. The number of carbonyl (C=O) groups is 1. The summed E-state index contributed by atoms with van der Waals surface area (Å²) in [5.74, 6) is -1.36. The predicted molar refractivity (Wildman–Crippen MR) is 110 cm³/mol. The molecule has 2 N–H and O–H groups in total. The van der Waals surface area contributed by atoms with Crippen LogP contribution in [0.5, 0.6) is 0 Å². The summed E-state index contributed by atoms with van der Waals surface area (Å²) in [7, 11) is -3.89. The molecule has 160 valence electrons. The SMILES string of the molecule is O=C(NCC[NH+]1CCOCC1)c1cc(S(=O)(=O)N2CCc3ccccc32)ccc1F. The van der Waals surface area contributed by atoms with Crippen molar-refractivity contribution in [2.75, 3.05) is 50.2 Å². The van der Waals surface area contributed by atoms with Gasteiger partial charge in [-0.25, -0.2) is 12.8 Å². The van der Waals surface area contributed by atoms with Crippen molar-refractivity contribution in [1.29, 1.82) is 0 Å². The number of amides is 1. The van der Waals surface area contributed by atoms with Crippen LogP contribution in [0.3, 0.4) is 0 Å². The first-order valence-corrected chi connectivity index (χ1v) is 11.5. The summed E-state index contributed by atoms with van der Waals surface area (Å²) in [6, 6.07) is 10.7. The van der Waals surface area contributed by atoms with Gasteiger partial charge in [0.2, 0.25) is 0 Å². The molecular formula is C21H25FN3O4S+. The number of sulfonamides is 1. The lowest BCUT2D eigenvalue weighted by molar-refractivity contribution is -0.906. The first-order chi connectivity index (χ1) is 14.5. The van der Waals surface area contributed by atoms with E-state index in [1.54, 1.807) is 12.1 Å². The third-order valence-electron chi connectivity index (χ3n) is 5.58. The molecule has 2 aliphatic heterocycles. The molecule has 0 bridgehead atoms. The first-order valence-electron chi connectivity index (χ1n) is 10.1. The molecule has 0 saturated carbocycles. The summed E-state index contributed by atoms with van der Waals surface area (Å²) in [4.78, 5) is 13.7. The standard InChI is InChI=1S/C21H24FN3O4S/c22-19-6-5-17(30(27,28)25-9-7-16-3-1-2-4-20(16)25)15-18(19)21(26)23-8-10-24-11-13-29-14-12-24/h1-6,15H,7-14H2,(H,23,26)/p+1. The molecule has 0 unspecified atom stereocenters. The summed E-state index contributed by atoms with van der Waals surface area (Å²) in [5.41, 5.74) is 1.31. The Morgan fingerprint density at radius 3 is 2.73 bits per heavy atom. The lowest BCUT2D eigenvalue weighted by Crippen LogP contribution is -3.14. The van der Waals surface area contributed by atoms with E-state index in [0.29, 0.717) is 45.0 Å². The highest BCUT2D eigenvalue weighted by Gasteiger charge is 2.31. The molecule has 2 aliphatic rings. The van der Waals surface area contributed by atoms with Crippen molar-refractivity contribution >= 4 is 21.6 Å². The number of para-hydroxylation sites is 1. The van der Waals surface area contributed by atoms with Gasteiger partial charge < -0.3 is 15.0 Å². The van der Waals surface area contributed by atoms with Crippen LogP contribution in [0.2, 0.25) is 0 Å². The number of anilines is 1. The van der Waals surface area contributed by atoms with E-state index in [2.05, 4.69) is 5.32 Å². The molecule has 0 atom stereocenters. The molecule has 30 heavy (non-hydrogen) atoms. The zero-order valence-corrected chi connectivity index (χ0v) is 17.4. The Labute approximate surface area is 175 Å². The van der Waals surface area contributed by atoms with Crippen molar-refractivity contribution in [3.8, 4) is 0 Å². The van der Waals surface area contributed by atoms with E-state index in [1.807, 2.05) is 12.1 Å². The second kappa shape index (κ2) is 8.71. The summed E-state index contributed by atoms with van der Waals surface area (Å²) in [6.07, 6.45) is 0.619. The molecule has 0 aliphatic carbocycles. The maximum Gasteiger partial charge on any atom is 0.264 e. The van der Waals surface area contributed by atoms with Gasteiger partial charge in [0.15, 0.2) is 0 Å². The number of hydrogen-bond acceptors (Lipinski definition) is 4. The predicted octanol–water partition coefficient (Wildman–Crippen LogP) is 0.222. The van der Waals surface area contributed by atoms with Crippen molar-refractivity contribution in [3.63, 3.8) is 0 Å². The molecule has 2 heterocycles. The number of nitrogens with zero attached hydrogens (tertiary/aromatic N) is 1. The minimum atomic E-state index is -3.89. The Balaban J connectivity index is 1.49. The Morgan fingerprint density at radius 2 is 1.93 bits per heavy atom. The van der Waals surface area contributed by atoms with Gasteiger partial charge in [0.25, 0.3) is 15.9 Å². The fraction of sp³-hybridized carbons (Fsp3) is 0.381. The quantitative estimate of drug-likeness (QED) is 0.682. The van der Waals surface area contributed by atoms with E-state index in [9.17, 15) is 17.6 Å². The molecule has 1 fully saturated rings. The summed E-state index contributed by atoms with van der Waals surface area (Å²) >= 11 is 0. The van der Waals surface area contributed by atoms with Crippen molar-refractivity contribution in [2.45, 2.75) is 11.3 Å². The molecule has 7 nitrogen and oxygen atoms in total. The van der Waals surface area contributed by atoms with E-state index in [4.69, 9.17) is 4.74 Å². The third kappa shape index (κ3) is 4.19. The minimum Gasteiger partial charge on any atom is -0.370 e. The van der Waals surface area contributed by atoms with Gasteiger partial charge in [0.1, 0.15) is 18.9 Å². The molecule has 1 saturated heterocycles. The largest absolute Gasteiger partial charge is 0.370 e. The maximum absolute atomic E-state index is 14.3. The van der Waals surface area contributed by atoms with Crippen molar-refractivity contribution in [1.82, 2.24) is 5.32 Å². The molecule has 0 radical (unpaired) electrons. The van der Waals surface area contributed by atoms with Crippen LogP contribution >= 0.6 is 0 Å². The Morgan fingerprint density at radius 1 is 1.17 bits per heavy atom. The zero-order valence-electron chi connectivity index (χ0n) is 16.6. The number of quaternary nitrogens is 1. The molecule has 0 aromatic heterocycles.